The first-order valence-corrected chi connectivity index (χ1v) is 9.78. The zero-order valence-corrected chi connectivity index (χ0v) is 16.3. The molecule has 1 heterocycles. The average molecular weight is 378 g/mol. The molecule has 1 unspecified atom stereocenters. The van der Waals surface area contributed by atoms with E-state index in [1.165, 1.54) is 7.11 Å². The maximum atomic E-state index is 13.2. The Balaban J connectivity index is 2.06. The van der Waals surface area contributed by atoms with E-state index < -0.39 is 5.54 Å². The number of benzene rings is 1. The molecule has 2 rings (SSSR count). The molecule has 26 heavy (non-hydrogen) atoms. The highest BCUT2D eigenvalue weighted by molar-refractivity contribution is 7.99. The summed E-state index contributed by atoms with van der Waals surface area (Å²) in [6.07, 6.45) is 2.78. The number of thioether (sulfide) groups is 1. The van der Waals surface area contributed by atoms with Gasteiger partial charge in [-0.3, -0.25) is 14.5 Å². The molecule has 1 aliphatic heterocycles. The van der Waals surface area contributed by atoms with Crippen LogP contribution in [0.15, 0.2) is 41.8 Å². The first-order chi connectivity index (χ1) is 12.5. The lowest BCUT2D eigenvalue weighted by Gasteiger charge is -2.41. The summed E-state index contributed by atoms with van der Waals surface area (Å²) < 4.78 is 10.1. The molecule has 1 aliphatic rings. The minimum absolute atomic E-state index is 0.102. The fourth-order valence-electron chi connectivity index (χ4n) is 3.07. The first kappa shape index (κ1) is 20.7. The van der Waals surface area contributed by atoms with Gasteiger partial charge in [-0.15, -0.1) is 18.3 Å². The highest BCUT2D eigenvalue weighted by Crippen LogP contribution is 2.28. The van der Waals surface area contributed by atoms with Crippen molar-refractivity contribution in [1.29, 1.82) is 0 Å². The van der Waals surface area contributed by atoms with Crippen LogP contribution in [0.2, 0.25) is 0 Å². The predicted octanol–water partition coefficient (Wildman–Crippen LogP) is 3.19. The van der Waals surface area contributed by atoms with Gasteiger partial charge in [0.05, 0.1) is 32.3 Å². The van der Waals surface area contributed by atoms with Gasteiger partial charge in [-0.25, -0.2) is 0 Å². The fraction of sp³-hybridized carbons (Fsp3) is 0.500. The number of Topliss-reactive ketones (excluding diaryl/α,β-unsaturated/α-hetero) is 1. The second-order valence-corrected chi connectivity index (χ2v) is 7.56. The molecule has 0 amide bonds. The van der Waals surface area contributed by atoms with Crippen molar-refractivity contribution >= 4 is 23.5 Å². The van der Waals surface area contributed by atoms with Crippen LogP contribution in [0, 0.1) is 0 Å². The molecule has 1 aromatic rings. The molecule has 1 saturated heterocycles. The highest BCUT2D eigenvalue weighted by atomic mass is 32.2. The molecule has 0 spiro atoms. The second kappa shape index (κ2) is 9.90. The molecule has 1 atom stereocenters. The lowest BCUT2D eigenvalue weighted by Crippen LogP contribution is -2.56. The number of carbonyl (C=O) groups excluding carboxylic acids is 2. The molecule has 1 fully saturated rings. The van der Waals surface area contributed by atoms with E-state index in [0.29, 0.717) is 37.4 Å². The number of hydrogen-bond donors (Lipinski definition) is 0. The quantitative estimate of drug-likeness (QED) is 0.285. The van der Waals surface area contributed by atoms with Gasteiger partial charge in [0.2, 0.25) is 0 Å². The molecule has 0 bridgehead atoms. The molecular weight excluding hydrogens is 350 g/mol. The maximum absolute atomic E-state index is 13.2. The summed E-state index contributed by atoms with van der Waals surface area (Å²) in [6, 6.07) is 7.60. The Morgan fingerprint density at radius 2 is 1.96 bits per heavy atom. The number of carbonyl (C=O) groups is 2. The van der Waals surface area contributed by atoms with Gasteiger partial charge in [0.15, 0.2) is 5.78 Å². The van der Waals surface area contributed by atoms with Crippen LogP contribution >= 0.6 is 11.8 Å². The molecule has 0 aromatic heterocycles. The minimum Gasteiger partial charge on any atom is -0.469 e. The van der Waals surface area contributed by atoms with Gasteiger partial charge in [-0.1, -0.05) is 18.2 Å². The molecule has 0 radical (unpaired) electrons. The number of ether oxygens (including phenoxy) is 2. The van der Waals surface area contributed by atoms with Gasteiger partial charge < -0.3 is 9.47 Å². The van der Waals surface area contributed by atoms with Crippen LogP contribution in [0.25, 0.3) is 0 Å². The number of ketones is 1. The maximum Gasteiger partial charge on any atom is 0.306 e. The van der Waals surface area contributed by atoms with Crippen molar-refractivity contribution in [3.8, 4) is 0 Å². The largest absolute Gasteiger partial charge is 0.469 e. The van der Waals surface area contributed by atoms with Crippen LogP contribution in [0.5, 0.6) is 0 Å². The first-order valence-electron chi connectivity index (χ1n) is 8.79. The Hall–Kier alpha value is -1.63. The summed E-state index contributed by atoms with van der Waals surface area (Å²) in [5.74, 6) is 0.544. The summed E-state index contributed by atoms with van der Waals surface area (Å²) in [7, 11) is 1.39. The zero-order valence-electron chi connectivity index (χ0n) is 15.5. The fourth-order valence-corrected chi connectivity index (χ4v) is 3.90. The van der Waals surface area contributed by atoms with E-state index in [1.807, 2.05) is 37.3 Å². The van der Waals surface area contributed by atoms with Gasteiger partial charge in [0, 0.05) is 29.3 Å². The van der Waals surface area contributed by atoms with E-state index in [1.54, 1.807) is 11.8 Å². The summed E-state index contributed by atoms with van der Waals surface area (Å²) in [4.78, 5) is 27.6. The number of hydrogen-bond acceptors (Lipinski definition) is 6. The normalized spacial score (nSPS) is 17.3. The number of nitrogens with zero attached hydrogens (tertiary/aromatic N) is 1. The summed E-state index contributed by atoms with van der Waals surface area (Å²) in [6.45, 7) is 8.61. The number of esters is 1. The van der Waals surface area contributed by atoms with E-state index in [9.17, 15) is 9.59 Å². The van der Waals surface area contributed by atoms with Crippen LogP contribution in [-0.4, -0.2) is 61.4 Å². The minimum atomic E-state index is -0.606. The number of methoxy groups -OCH3 is 1. The molecule has 5 nitrogen and oxygen atoms in total. The van der Waals surface area contributed by atoms with Crippen LogP contribution in [0.3, 0.4) is 0 Å². The van der Waals surface area contributed by atoms with Crippen molar-refractivity contribution in [1.82, 2.24) is 4.90 Å². The Kier molecular flexibility index (Phi) is 7.87. The lowest BCUT2D eigenvalue weighted by atomic mass is 9.86. The summed E-state index contributed by atoms with van der Waals surface area (Å²) in [5, 5.41) is 0. The third-order valence-corrected chi connectivity index (χ3v) is 5.67. The van der Waals surface area contributed by atoms with E-state index in [-0.39, 0.29) is 11.8 Å². The van der Waals surface area contributed by atoms with Gasteiger partial charge in [0.25, 0.3) is 0 Å². The third kappa shape index (κ3) is 5.19. The van der Waals surface area contributed by atoms with E-state index in [0.717, 1.165) is 18.0 Å². The van der Waals surface area contributed by atoms with Crippen LogP contribution in [0.4, 0.5) is 0 Å². The Labute approximate surface area is 159 Å². The van der Waals surface area contributed by atoms with Gasteiger partial charge >= 0.3 is 5.97 Å². The average Bonchev–Trinajstić information content (AvgIpc) is 2.68. The summed E-state index contributed by atoms with van der Waals surface area (Å²) in [5.41, 5.74) is 0.0867. The molecule has 0 N–H and O–H groups in total. The SMILES string of the molecule is C=CCC(C)(C(=O)c1ccc(SCCC(=O)OC)cc1)N1CCOCC1. The summed E-state index contributed by atoms with van der Waals surface area (Å²) >= 11 is 1.58. The van der Waals surface area contributed by atoms with Crippen LogP contribution in [0.1, 0.15) is 30.1 Å². The monoisotopic (exact) mass is 377 g/mol. The zero-order chi connectivity index (χ0) is 19.0. The Morgan fingerprint density at radius 3 is 2.54 bits per heavy atom. The van der Waals surface area contributed by atoms with Crippen molar-refractivity contribution < 1.29 is 19.1 Å². The Bertz CT molecular complexity index is 625. The molecule has 0 saturated carbocycles. The van der Waals surface area contributed by atoms with Gasteiger partial charge in [0.1, 0.15) is 0 Å². The van der Waals surface area contributed by atoms with Crippen LogP contribution in [-0.2, 0) is 14.3 Å². The van der Waals surface area contributed by atoms with Crippen molar-refractivity contribution in [2.75, 3.05) is 39.2 Å². The molecule has 1 aromatic carbocycles. The standard InChI is InChI=1S/C20H27NO4S/c1-4-10-20(2,21-11-13-25-14-12-21)19(23)16-5-7-17(8-6-16)26-15-9-18(22)24-3/h4-8H,1,9-15H2,2-3H3. The molecule has 0 aliphatic carbocycles. The predicted molar refractivity (Wildman–Crippen MR) is 104 cm³/mol. The van der Waals surface area contributed by atoms with Crippen molar-refractivity contribution in [3.63, 3.8) is 0 Å². The number of morpholine rings is 1. The lowest BCUT2D eigenvalue weighted by molar-refractivity contribution is -0.140. The highest BCUT2D eigenvalue weighted by Gasteiger charge is 2.39. The molecular formula is C20H27NO4S. The van der Waals surface area contributed by atoms with Crippen LogP contribution < -0.4 is 0 Å². The topological polar surface area (TPSA) is 55.8 Å². The molecule has 142 valence electrons. The smallest absolute Gasteiger partial charge is 0.306 e. The number of rotatable bonds is 9. The van der Waals surface area contributed by atoms with Crippen molar-refractivity contribution in [2.24, 2.45) is 0 Å². The molecule has 6 heteroatoms. The van der Waals surface area contributed by atoms with Crippen molar-refractivity contribution in [2.45, 2.75) is 30.2 Å². The van der Waals surface area contributed by atoms with Gasteiger partial charge in [-0.05, 0) is 25.5 Å². The van der Waals surface area contributed by atoms with E-state index >= 15 is 0 Å². The van der Waals surface area contributed by atoms with Crippen molar-refractivity contribution in [3.05, 3.63) is 42.5 Å². The third-order valence-electron chi connectivity index (χ3n) is 4.66. The Morgan fingerprint density at radius 1 is 1.31 bits per heavy atom. The van der Waals surface area contributed by atoms with Gasteiger partial charge in [-0.2, -0.15) is 0 Å². The van der Waals surface area contributed by atoms with E-state index in [4.69, 9.17) is 4.74 Å². The van der Waals surface area contributed by atoms with E-state index in [2.05, 4.69) is 16.2 Å². The second-order valence-electron chi connectivity index (χ2n) is 6.39.